The Kier molecular flexibility index (Phi) is 90.2. The van der Waals surface area contributed by atoms with Gasteiger partial charge in [-0.05, 0) is 50.3 Å². The van der Waals surface area contributed by atoms with E-state index in [-0.39, 0.29) is 410 Å². The fraction of sp³-hybridized carbons (Fsp3) is 0.786. The summed E-state index contributed by atoms with van der Waals surface area (Å²) >= 11 is 0. The quantitative estimate of drug-likeness (QED) is 0.0186. The molecule has 0 aromatic carbocycles. The normalized spacial score (nSPS) is 25.0. The van der Waals surface area contributed by atoms with Crippen molar-refractivity contribution < 1.29 is 628 Å². The van der Waals surface area contributed by atoms with Gasteiger partial charge < -0.3 is 99.6 Å². The van der Waals surface area contributed by atoms with Gasteiger partial charge in [0.2, 0.25) is 125 Å². The molecule has 0 amide bonds. The molecule has 0 aromatic rings. The van der Waals surface area contributed by atoms with E-state index in [2.05, 4.69) is 33.5 Å². The Morgan fingerprint density at radius 1 is 0.414 bits per heavy atom. The summed E-state index contributed by atoms with van der Waals surface area (Å²) in [5.74, 6) is -1.64. The van der Waals surface area contributed by atoms with Crippen LogP contribution < -0.4 is 384 Å². The van der Waals surface area contributed by atoms with Crippen molar-refractivity contribution in [1.82, 2.24) is 4.31 Å². The molecule has 3 fully saturated rings. The molecule has 2 aliphatic heterocycles. The Hall–Kier alpha value is 10.8. The molecule has 0 aromatic heterocycles. The molecule has 4 N–H and O–H groups in total. The van der Waals surface area contributed by atoms with Gasteiger partial charge in [0.1, 0.15) is 6.10 Å². The summed E-state index contributed by atoms with van der Waals surface area (Å²) in [7, 11) is -74.0. The van der Waals surface area contributed by atoms with Crippen LogP contribution in [0.5, 0.6) is 0 Å². The Morgan fingerprint density at radius 2 is 0.730 bits per heavy atom. The minimum atomic E-state index is -6.45. The van der Waals surface area contributed by atoms with Crippen molar-refractivity contribution >= 4 is 135 Å². The first kappa shape index (κ1) is 153. The average molecular weight is 2000 g/mol. The minimum absolute atomic E-state index is 0. The number of nitrogens with zero attached hydrogens (tertiary/aromatic N) is 1. The molecule has 83 heteroatoms. The molecule has 1 unspecified atom stereocenters. The molecule has 588 valence electrons. The first-order chi connectivity index (χ1) is 43.1. The van der Waals surface area contributed by atoms with Gasteiger partial charge in [0.15, 0.2) is 10.3 Å². The summed E-state index contributed by atoms with van der Waals surface area (Å²) in [4.78, 5) is 0. The minimum Gasteiger partial charge on any atom is -0.735 e. The SMILES string of the molecule is CCO[C@H]1[CH-][C@@H](OS(=O)(=O)[O-])[C@H](O[C@@H]2[CH-][C@@H](OS(=O)(=O)[O-])[C@H](O[C@@H]3[CH-][C@@H](OS(=O)(=O)[O-])[C@H](N([C@H]4C=C(COS(=O)(=O)[O-])C(OS(=O)(=O)[O-])[C@H](OS(=O)(=O)[O-])[CH-]4)S(=O)(=O)[O-])[C@@H](C)O3)[C@@H](COS(=O)(=O)[O-])O2)[C@@H](COS(=O)(=O)[O-])C1.O=S(=O)([O-])O.O=S(=O)([O-])O.O=S(=O)([O-])O.O=S(=O)([O-])O.[Na+].[Na+].[Na+].[Na+].[Na+].[Na+].[Na+].[Na+].[Na+].[Na+].[Na+].[Na+].[Na+]. The van der Waals surface area contributed by atoms with Crippen molar-refractivity contribution in [3.05, 3.63) is 37.3 Å². The van der Waals surface area contributed by atoms with E-state index in [4.69, 9.17) is 93.8 Å². The zero-order valence-electron chi connectivity index (χ0n) is 59.4. The predicted octanol–water partition coefficient (Wildman–Crippen LogP) is -51.4. The van der Waals surface area contributed by atoms with Gasteiger partial charge in [0, 0.05) is 31.1 Å². The summed E-state index contributed by atoms with van der Waals surface area (Å²) in [6, 6.07) is -5.45. The van der Waals surface area contributed by atoms with Crippen LogP contribution in [0.2, 0.25) is 0 Å². The molecule has 0 spiro atoms. The van der Waals surface area contributed by atoms with E-state index in [0.29, 0.717) is 13.3 Å². The van der Waals surface area contributed by atoms with Gasteiger partial charge in [0.25, 0.3) is 0 Å². The van der Waals surface area contributed by atoms with Gasteiger partial charge in [-0.25, -0.2) is 127 Å². The second-order valence-electron chi connectivity index (χ2n) is 17.3. The van der Waals surface area contributed by atoms with Gasteiger partial charge in [-0.1, -0.05) is 18.2 Å². The van der Waals surface area contributed by atoms with Crippen molar-refractivity contribution in [2.45, 2.75) is 106 Å². The van der Waals surface area contributed by atoms with Gasteiger partial charge >= 0.3 is 384 Å². The third-order valence-electron chi connectivity index (χ3n) is 10.1. The van der Waals surface area contributed by atoms with Crippen molar-refractivity contribution in [1.29, 1.82) is 0 Å². The molecule has 111 heavy (non-hydrogen) atoms. The molecular formula is C28H40NNa13O56S13-4. The van der Waals surface area contributed by atoms with E-state index in [1.807, 2.05) is 0 Å². The Morgan fingerprint density at radius 3 is 1.07 bits per heavy atom. The van der Waals surface area contributed by atoms with Crippen LogP contribution in [0.4, 0.5) is 0 Å². The van der Waals surface area contributed by atoms with E-state index >= 15 is 0 Å². The average Bonchev–Trinajstić information content (AvgIpc) is 0.757. The molecule has 0 radical (unpaired) electrons. The van der Waals surface area contributed by atoms with Crippen LogP contribution in [0.1, 0.15) is 20.3 Å². The first-order valence-corrected chi connectivity index (χ1v) is 40.4. The second kappa shape index (κ2) is 65.5. The van der Waals surface area contributed by atoms with Gasteiger partial charge in [-0.3, -0.25) is 47.8 Å². The molecule has 4 aliphatic rings. The van der Waals surface area contributed by atoms with E-state index in [1.165, 1.54) is 6.92 Å². The smallest absolute Gasteiger partial charge is 0.735 e. The topological polar surface area (TPSA) is 948 Å². The summed E-state index contributed by atoms with van der Waals surface area (Å²) in [6.07, 6.45) is -28.4. The van der Waals surface area contributed by atoms with Crippen molar-refractivity contribution in [3.63, 3.8) is 0 Å². The zero-order valence-corrected chi connectivity index (χ0v) is 96.0. The molecule has 4 rings (SSSR count). The molecule has 2 heterocycles. The van der Waals surface area contributed by atoms with Crippen molar-refractivity contribution in [2.75, 3.05) is 26.4 Å². The molecular weight excluding hydrogens is 1960 g/mol. The summed E-state index contributed by atoms with van der Waals surface area (Å²) in [5.41, 5.74) is -1.33. The maximum Gasteiger partial charge on any atom is 1.00 e. The number of hydrogen-bond donors (Lipinski definition) is 4. The van der Waals surface area contributed by atoms with E-state index < -0.39 is 263 Å². The number of hydrogen-bond acceptors (Lipinski definition) is 52. The maximum atomic E-state index is 13.1. The summed E-state index contributed by atoms with van der Waals surface area (Å²) in [5, 5.41) is 0. The van der Waals surface area contributed by atoms with Gasteiger partial charge in [-0.2, -0.15) is 0 Å². The zero-order chi connectivity index (χ0) is 77.6. The molecule has 1 saturated carbocycles. The fourth-order valence-electron chi connectivity index (χ4n) is 7.81. The third kappa shape index (κ3) is 83.7. The Labute approximate surface area is 925 Å². The number of ether oxygens (including phenoxy) is 5. The Bertz CT molecular complexity index is 4120. The van der Waals surface area contributed by atoms with Crippen LogP contribution in [0.15, 0.2) is 11.6 Å². The molecule has 2 aliphatic carbocycles. The standard InChI is InChI=1S/C28H45NO40S9.13Na.4H2O4S/c1-3-57-17-5-15(11-59-72(36,37)38)26(20(7-17)67-76(48,49)50)63-24-9-21(68-77(51,52)53)28(22(62-24)12-60-73(39,40)41)64-23-8-18(65-74(42,43)44)25(13(2)61-23)29(70(30,31)32)16-4-14(10-58-71(33,34)35)27(69-78(54,55)56)19(6-16)66-75(45,46)47;;;;;;;;;;;;;;4*1-5(2,3)4/h4,6-9,13,15-28H,3,5,10-12H2,1-2H3,(H,30,31,32)(H,33,34,35)(H,36,37,38)(H,39,40,41)(H,42,43,44)(H,45,46,47)(H,48,49,50)(H,51,52,53)(H,54,55,56);;;;;;;;;;;;;;4*(H2,1,2,3,4)/q-4;13*+1;;;;/p-13/t13-,15-,16+,17-,18-,19-,20-,21-,22-,23-,24-,25-,26-,27?,28+;;;;;;;;;;;;;;;;;/m1................./s1. The van der Waals surface area contributed by atoms with Crippen LogP contribution in [-0.2, 0) is 192 Å². The molecule has 2 saturated heterocycles. The molecule has 0 bridgehead atoms. The van der Waals surface area contributed by atoms with Gasteiger partial charge in [0.05, 0.1) is 44.2 Å². The van der Waals surface area contributed by atoms with Gasteiger partial charge in [-0.15, -0.1) is 0 Å². The second-order valence-corrected chi connectivity index (χ2v) is 30.2. The van der Waals surface area contributed by atoms with Crippen molar-refractivity contribution in [2.24, 2.45) is 5.92 Å². The fourth-order valence-corrected chi connectivity index (χ4v) is 12.0. The Balaban J connectivity index is -0.000000211. The van der Waals surface area contributed by atoms with E-state index in [1.54, 1.807) is 0 Å². The maximum absolute atomic E-state index is 13.1. The summed E-state index contributed by atoms with van der Waals surface area (Å²) in [6.45, 7) is -2.90. The van der Waals surface area contributed by atoms with Crippen molar-refractivity contribution in [3.8, 4) is 0 Å². The summed E-state index contributed by atoms with van der Waals surface area (Å²) < 4.78 is 513. The van der Waals surface area contributed by atoms with Crippen LogP contribution in [-0.4, -0.2) is 303 Å². The van der Waals surface area contributed by atoms with E-state index in [0.717, 1.165) is 6.42 Å². The van der Waals surface area contributed by atoms with E-state index in [9.17, 15) is 117 Å². The third-order valence-corrected chi connectivity index (χ3v) is 14.7. The largest absolute Gasteiger partial charge is 1.00 e. The number of rotatable bonds is 28. The first-order valence-electron chi connectivity index (χ1n) is 22.9. The predicted molar refractivity (Wildman–Crippen MR) is 270 cm³/mol. The van der Waals surface area contributed by atoms with Crippen LogP contribution >= 0.6 is 0 Å². The molecule has 15 atom stereocenters. The molecule has 57 nitrogen and oxygen atoms in total. The van der Waals surface area contributed by atoms with Crippen LogP contribution in [0.25, 0.3) is 0 Å². The van der Waals surface area contributed by atoms with Crippen LogP contribution in [0.3, 0.4) is 0 Å². The monoisotopic (exact) mass is 2000 g/mol. The van der Waals surface area contributed by atoms with Crippen LogP contribution in [0, 0.1) is 31.6 Å².